The van der Waals surface area contributed by atoms with E-state index in [1.165, 1.54) is 12.8 Å². The summed E-state index contributed by atoms with van der Waals surface area (Å²) < 4.78 is 0. The van der Waals surface area contributed by atoms with Crippen molar-refractivity contribution in [2.45, 2.75) is 19.8 Å². The maximum atomic E-state index is 4.22. The van der Waals surface area contributed by atoms with Gasteiger partial charge < -0.3 is 5.32 Å². The molecule has 0 aliphatic heterocycles. The normalized spacial score (nSPS) is 26.5. The Balaban J connectivity index is 1.80. The van der Waals surface area contributed by atoms with E-state index in [0.29, 0.717) is 0 Å². The minimum absolute atomic E-state index is 0.863. The van der Waals surface area contributed by atoms with Gasteiger partial charge in [-0.15, -0.1) is 0 Å². The van der Waals surface area contributed by atoms with Gasteiger partial charge in [-0.3, -0.25) is 0 Å². The number of hydrogen-bond donors (Lipinski definition) is 1. The molecule has 1 N–H and O–H groups in total. The third-order valence-electron chi connectivity index (χ3n) is 3.01. The Morgan fingerprint density at radius 2 is 2.38 bits per heavy atom. The Kier molecular flexibility index (Phi) is 2.48. The van der Waals surface area contributed by atoms with E-state index in [0.717, 1.165) is 24.2 Å². The highest BCUT2D eigenvalue weighted by molar-refractivity contribution is 5.33. The number of aromatic nitrogens is 1. The maximum absolute atomic E-state index is 4.22. The molecule has 1 saturated carbocycles. The first-order chi connectivity index (χ1) is 6.36. The number of nitrogens with zero attached hydrogens (tertiary/aromatic N) is 1. The quantitative estimate of drug-likeness (QED) is 0.765. The second-order valence-corrected chi connectivity index (χ2v) is 3.91. The summed E-state index contributed by atoms with van der Waals surface area (Å²) in [6, 6.07) is 5.97. The first kappa shape index (κ1) is 8.54. The summed E-state index contributed by atoms with van der Waals surface area (Å²) in [5, 5.41) is 3.37. The molecule has 1 heterocycles. The Morgan fingerprint density at radius 1 is 1.46 bits per heavy atom. The average Bonchev–Trinajstić information content (AvgIpc) is 2.17. The van der Waals surface area contributed by atoms with Crippen molar-refractivity contribution in [3.8, 4) is 0 Å². The van der Waals surface area contributed by atoms with E-state index in [1.54, 1.807) is 0 Å². The molecule has 0 spiro atoms. The molecule has 1 aliphatic rings. The van der Waals surface area contributed by atoms with Gasteiger partial charge in [-0.2, -0.15) is 0 Å². The van der Waals surface area contributed by atoms with E-state index in [9.17, 15) is 0 Å². The van der Waals surface area contributed by atoms with Gasteiger partial charge >= 0.3 is 0 Å². The van der Waals surface area contributed by atoms with Crippen LogP contribution >= 0.6 is 0 Å². The van der Waals surface area contributed by atoms with Crippen LogP contribution in [0.4, 0.5) is 5.82 Å². The highest BCUT2D eigenvalue weighted by Gasteiger charge is 2.25. The summed E-state index contributed by atoms with van der Waals surface area (Å²) in [5.41, 5.74) is 0. The van der Waals surface area contributed by atoms with Crippen LogP contribution in [0.25, 0.3) is 0 Å². The Hall–Kier alpha value is -1.05. The molecule has 1 aromatic rings. The average molecular weight is 176 g/mol. The molecule has 0 unspecified atom stereocenters. The third kappa shape index (κ3) is 2.00. The standard InChI is InChI=1S/C11H16N2/c1-9-5-6-10(9)8-13-11-4-2-3-7-12-11/h2-4,7,9-10H,5-6,8H2,1H3,(H,12,13)/t9-,10-/m1/s1. The van der Waals surface area contributed by atoms with Crippen molar-refractivity contribution < 1.29 is 0 Å². The van der Waals surface area contributed by atoms with Gasteiger partial charge in [0, 0.05) is 12.7 Å². The zero-order valence-electron chi connectivity index (χ0n) is 8.03. The molecule has 0 saturated heterocycles. The molecular weight excluding hydrogens is 160 g/mol. The van der Waals surface area contributed by atoms with E-state index >= 15 is 0 Å². The van der Waals surface area contributed by atoms with Crippen molar-refractivity contribution >= 4 is 5.82 Å². The minimum atomic E-state index is 0.863. The summed E-state index contributed by atoms with van der Waals surface area (Å²) in [6.45, 7) is 3.41. The van der Waals surface area contributed by atoms with Crippen LogP contribution in [0.15, 0.2) is 24.4 Å². The highest BCUT2D eigenvalue weighted by Crippen LogP contribution is 2.33. The summed E-state index contributed by atoms with van der Waals surface area (Å²) in [4.78, 5) is 4.22. The van der Waals surface area contributed by atoms with Gasteiger partial charge in [-0.1, -0.05) is 19.4 Å². The molecular formula is C11H16N2. The Labute approximate surface area is 79.4 Å². The smallest absolute Gasteiger partial charge is 0.125 e. The van der Waals surface area contributed by atoms with Crippen molar-refractivity contribution in [2.24, 2.45) is 11.8 Å². The van der Waals surface area contributed by atoms with E-state index in [1.807, 2.05) is 24.4 Å². The van der Waals surface area contributed by atoms with Crippen LogP contribution in [0, 0.1) is 11.8 Å². The lowest BCUT2D eigenvalue weighted by Crippen LogP contribution is -2.29. The van der Waals surface area contributed by atoms with Gasteiger partial charge in [-0.25, -0.2) is 4.98 Å². The molecule has 2 nitrogen and oxygen atoms in total. The summed E-state index contributed by atoms with van der Waals surface area (Å²) in [7, 11) is 0. The topological polar surface area (TPSA) is 24.9 Å². The first-order valence-corrected chi connectivity index (χ1v) is 5.01. The second-order valence-electron chi connectivity index (χ2n) is 3.91. The second kappa shape index (κ2) is 3.77. The van der Waals surface area contributed by atoms with E-state index < -0.39 is 0 Å². The van der Waals surface area contributed by atoms with Crippen LogP contribution in [0.5, 0.6) is 0 Å². The maximum Gasteiger partial charge on any atom is 0.125 e. The number of nitrogens with one attached hydrogen (secondary N) is 1. The van der Waals surface area contributed by atoms with Gasteiger partial charge in [0.05, 0.1) is 0 Å². The minimum Gasteiger partial charge on any atom is -0.370 e. The summed E-state index contributed by atoms with van der Waals surface area (Å²) >= 11 is 0. The van der Waals surface area contributed by atoms with Crippen LogP contribution in [0.2, 0.25) is 0 Å². The third-order valence-corrected chi connectivity index (χ3v) is 3.01. The molecule has 0 aromatic carbocycles. The fraction of sp³-hybridized carbons (Fsp3) is 0.545. The highest BCUT2D eigenvalue weighted by atomic mass is 15.0. The van der Waals surface area contributed by atoms with Crippen molar-refractivity contribution in [1.82, 2.24) is 4.98 Å². The van der Waals surface area contributed by atoms with Crippen molar-refractivity contribution in [2.75, 3.05) is 11.9 Å². The van der Waals surface area contributed by atoms with Crippen LogP contribution in [0.3, 0.4) is 0 Å². The van der Waals surface area contributed by atoms with Gasteiger partial charge in [0.1, 0.15) is 5.82 Å². The predicted molar refractivity (Wildman–Crippen MR) is 54.6 cm³/mol. The molecule has 1 aliphatic carbocycles. The summed E-state index contributed by atoms with van der Waals surface area (Å²) in [5.74, 6) is 2.76. The van der Waals surface area contributed by atoms with E-state index in [-0.39, 0.29) is 0 Å². The lowest BCUT2D eigenvalue weighted by atomic mass is 9.75. The molecule has 1 fully saturated rings. The fourth-order valence-electron chi connectivity index (χ4n) is 1.74. The molecule has 1 aromatic heterocycles. The van der Waals surface area contributed by atoms with Crippen molar-refractivity contribution in [3.05, 3.63) is 24.4 Å². The molecule has 0 radical (unpaired) electrons. The monoisotopic (exact) mass is 176 g/mol. The lowest BCUT2D eigenvalue weighted by molar-refractivity contribution is 0.210. The number of pyridine rings is 1. The molecule has 13 heavy (non-hydrogen) atoms. The van der Waals surface area contributed by atoms with Gasteiger partial charge in [0.25, 0.3) is 0 Å². The molecule has 70 valence electrons. The zero-order chi connectivity index (χ0) is 9.10. The first-order valence-electron chi connectivity index (χ1n) is 5.01. The largest absolute Gasteiger partial charge is 0.370 e. The molecule has 0 amide bonds. The fourth-order valence-corrected chi connectivity index (χ4v) is 1.74. The zero-order valence-corrected chi connectivity index (χ0v) is 8.03. The van der Waals surface area contributed by atoms with Gasteiger partial charge in [-0.05, 0) is 30.4 Å². The summed E-state index contributed by atoms with van der Waals surface area (Å²) in [6.07, 6.45) is 4.60. The molecule has 2 rings (SSSR count). The van der Waals surface area contributed by atoms with Crippen molar-refractivity contribution in [1.29, 1.82) is 0 Å². The molecule has 0 bridgehead atoms. The molecule has 2 heteroatoms. The van der Waals surface area contributed by atoms with Gasteiger partial charge in [0.2, 0.25) is 0 Å². The predicted octanol–water partition coefficient (Wildman–Crippen LogP) is 2.54. The van der Waals surface area contributed by atoms with Crippen LogP contribution < -0.4 is 5.32 Å². The van der Waals surface area contributed by atoms with Crippen LogP contribution in [-0.2, 0) is 0 Å². The molecule has 2 atom stereocenters. The van der Waals surface area contributed by atoms with Crippen molar-refractivity contribution in [3.63, 3.8) is 0 Å². The van der Waals surface area contributed by atoms with E-state index in [2.05, 4.69) is 17.2 Å². The van der Waals surface area contributed by atoms with Crippen LogP contribution in [-0.4, -0.2) is 11.5 Å². The Morgan fingerprint density at radius 3 is 2.92 bits per heavy atom. The van der Waals surface area contributed by atoms with Gasteiger partial charge in [0.15, 0.2) is 0 Å². The van der Waals surface area contributed by atoms with Crippen LogP contribution in [0.1, 0.15) is 19.8 Å². The Bertz CT molecular complexity index is 258. The number of hydrogen-bond acceptors (Lipinski definition) is 2. The SMILES string of the molecule is C[C@@H]1CC[C@@H]1CNc1ccccn1. The number of rotatable bonds is 3. The lowest BCUT2D eigenvalue weighted by Gasteiger charge is -2.33. The van der Waals surface area contributed by atoms with E-state index in [4.69, 9.17) is 0 Å². The number of anilines is 1.